The standard InChI is InChI=1S/C11H17NO4S2/c1-4-5-7(2)16-11(13)9-6-10(8(3)17-9)18(12,14)15/h6-7H,4-5H2,1-3H3,(H2,12,14,15). The van der Waals surface area contributed by atoms with Gasteiger partial charge in [-0.1, -0.05) is 13.3 Å². The Morgan fingerprint density at radius 1 is 1.56 bits per heavy atom. The van der Waals surface area contributed by atoms with Crippen LogP contribution in [0.1, 0.15) is 41.2 Å². The van der Waals surface area contributed by atoms with Crippen molar-refractivity contribution in [2.45, 2.75) is 44.6 Å². The van der Waals surface area contributed by atoms with E-state index < -0.39 is 16.0 Å². The van der Waals surface area contributed by atoms with Crippen LogP contribution in [0.2, 0.25) is 0 Å². The predicted molar refractivity (Wildman–Crippen MR) is 70.2 cm³/mol. The molecule has 1 rings (SSSR count). The largest absolute Gasteiger partial charge is 0.458 e. The van der Waals surface area contributed by atoms with Gasteiger partial charge in [0.15, 0.2) is 0 Å². The summed E-state index contributed by atoms with van der Waals surface area (Å²) in [6.45, 7) is 5.41. The summed E-state index contributed by atoms with van der Waals surface area (Å²) in [5, 5.41) is 5.05. The maximum absolute atomic E-state index is 11.8. The number of primary sulfonamides is 1. The molecule has 0 bridgehead atoms. The first-order chi connectivity index (χ1) is 8.25. The molecule has 0 aliphatic heterocycles. The van der Waals surface area contributed by atoms with Crippen LogP contribution < -0.4 is 5.14 Å². The second-order valence-corrected chi connectivity index (χ2v) is 6.87. The van der Waals surface area contributed by atoms with Crippen LogP contribution in [-0.2, 0) is 14.8 Å². The number of hydrogen-bond acceptors (Lipinski definition) is 5. The van der Waals surface area contributed by atoms with Gasteiger partial charge in [-0.15, -0.1) is 11.3 Å². The highest BCUT2D eigenvalue weighted by Crippen LogP contribution is 2.25. The van der Waals surface area contributed by atoms with E-state index in [9.17, 15) is 13.2 Å². The Hall–Kier alpha value is -0.920. The Morgan fingerprint density at radius 3 is 2.61 bits per heavy atom. The number of carbonyl (C=O) groups excluding carboxylic acids is 1. The average molecular weight is 291 g/mol. The maximum Gasteiger partial charge on any atom is 0.348 e. The number of thiophene rings is 1. The van der Waals surface area contributed by atoms with Crippen LogP contribution in [0.3, 0.4) is 0 Å². The van der Waals surface area contributed by atoms with Crippen molar-refractivity contribution in [3.05, 3.63) is 15.8 Å². The maximum atomic E-state index is 11.8. The van der Waals surface area contributed by atoms with Crippen molar-refractivity contribution in [3.8, 4) is 0 Å². The Bertz CT molecular complexity index is 533. The second kappa shape index (κ2) is 5.81. The van der Waals surface area contributed by atoms with Crippen molar-refractivity contribution >= 4 is 27.3 Å². The van der Waals surface area contributed by atoms with E-state index in [1.165, 1.54) is 6.07 Å². The first-order valence-electron chi connectivity index (χ1n) is 5.60. The fourth-order valence-corrected chi connectivity index (χ4v) is 3.58. The Kier molecular flexibility index (Phi) is 4.89. The van der Waals surface area contributed by atoms with Gasteiger partial charge in [-0.3, -0.25) is 0 Å². The molecule has 102 valence electrons. The predicted octanol–water partition coefficient (Wildman–Crippen LogP) is 2.05. The number of esters is 1. The van der Waals surface area contributed by atoms with Crippen LogP contribution in [0.4, 0.5) is 0 Å². The third kappa shape index (κ3) is 3.79. The van der Waals surface area contributed by atoms with Gasteiger partial charge >= 0.3 is 5.97 Å². The summed E-state index contributed by atoms with van der Waals surface area (Å²) in [4.78, 5) is 12.5. The number of hydrogen-bond donors (Lipinski definition) is 1. The van der Waals surface area contributed by atoms with Gasteiger partial charge in [-0.25, -0.2) is 18.4 Å². The summed E-state index contributed by atoms with van der Waals surface area (Å²) < 4.78 is 27.7. The van der Waals surface area contributed by atoms with Gasteiger partial charge < -0.3 is 4.74 Å². The lowest BCUT2D eigenvalue weighted by molar-refractivity contribution is 0.0329. The minimum Gasteiger partial charge on any atom is -0.458 e. The molecule has 1 atom stereocenters. The lowest BCUT2D eigenvalue weighted by atomic mass is 10.2. The molecule has 2 N–H and O–H groups in total. The van der Waals surface area contributed by atoms with Crippen LogP contribution in [-0.4, -0.2) is 20.5 Å². The highest BCUT2D eigenvalue weighted by atomic mass is 32.2. The molecule has 18 heavy (non-hydrogen) atoms. The van der Waals surface area contributed by atoms with Crippen molar-refractivity contribution in [2.24, 2.45) is 5.14 Å². The molecule has 1 unspecified atom stereocenters. The number of ether oxygens (including phenoxy) is 1. The Balaban J connectivity index is 2.89. The van der Waals surface area contributed by atoms with Crippen LogP contribution >= 0.6 is 11.3 Å². The number of nitrogens with two attached hydrogens (primary N) is 1. The fourth-order valence-electron chi connectivity index (χ4n) is 1.55. The van der Waals surface area contributed by atoms with Crippen molar-refractivity contribution in [2.75, 3.05) is 0 Å². The summed E-state index contributed by atoms with van der Waals surface area (Å²) in [6, 6.07) is 1.27. The molecule has 0 saturated carbocycles. The van der Waals surface area contributed by atoms with E-state index in [-0.39, 0.29) is 15.9 Å². The van der Waals surface area contributed by atoms with Gasteiger partial charge in [-0.2, -0.15) is 0 Å². The fraction of sp³-hybridized carbons (Fsp3) is 0.545. The smallest absolute Gasteiger partial charge is 0.348 e. The molecule has 0 spiro atoms. The van der Waals surface area contributed by atoms with Gasteiger partial charge in [0.2, 0.25) is 10.0 Å². The molecule has 0 aliphatic rings. The molecule has 0 fully saturated rings. The van der Waals surface area contributed by atoms with Crippen LogP contribution in [0.15, 0.2) is 11.0 Å². The van der Waals surface area contributed by atoms with E-state index in [0.29, 0.717) is 4.88 Å². The minimum atomic E-state index is -3.78. The second-order valence-electron chi connectivity index (χ2n) is 4.08. The quantitative estimate of drug-likeness (QED) is 0.841. The molecule has 1 aromatic heterocycles. The third-order valence-corrected chi connectivity index (χ3v) is 4.58. The van der Waals surface area contributed by atoms with Gasteiger partial charge in [0.1, 0.15) is 4.88 Å². The zero-order valence-electron chi connectivity index (χ0n) is 10.6. The SMILES string of the molecule is CCCC(C)OC(=O)c1cc(S(N)(=O)=O)c(C)s1. The number of carbonyl (C=O) groups is 1. The molecule has 0 saturated heterocycles. The van der Waals surface area contributed by atoms with E-state index in [0.717, 1.165) is 24.2 Å². The summed E-state index contributed by atoms with van der Waals surface area (Å²) in [5.74, 6) is -0.501. The summed E-state index contributed by atoms with van der Waals surface area (Å²) in [5.41, 5.74) is 0. The third-order valence-electron chi connectivity index (χ3n) is 2.38. The van der Waals surface area contributed by atoms with Crippen LogP contribution in [0, 0.1) is 6.92 Å². The Labute approximate surface area is 111 Å². The molecule has 5 nitrogen and oxygen atoms in total. The molecule has 0 radical (unpaired) electrons. The van der Waals surface area contributed by atoms with E-state index >= 15 is 0 Å². The highest BCUT2D eigenvalue weighted by Gasteiger charge is 2.21. The zero-order valence-corrected chi connectivity index (χ0v) is 12.2. The number of sulfonamides is 1. The van der Waals surface area contributed by atoms with Crippen molar-refractivity contribution in [3.63, 3.8) is 0 Å². The monoisotopic (exact) mass is 291 g/mol. The lowest BCUT2D eigenvalue weighted by Crippen LogP contribution is -2.14. The van der Waals surface area contributed by atoms with E-state index in [1.807, 2.05) is 13.8 Å². The van der Waals surface area contributed by atoms with E-state index in [4.69, 9.17) is 9.88 Å². The minimum absolute atomic E-state index is 0.0115. The first kappa shape index (κ1) is 15.1. The topological polar surface area (TPSA) is 86.5 Å². The molecule has 0 aromatic carbocycles. The van der Waals surface area contributed by atoms with Gasteiger partial charge in [0.05, 0.1) is 11.0 Å². The summed E-state index contributed by atoms with van der Waals surface area (Å²) >= 11 is 1.08. The number of rotatable bonds is 5. The molecule has 7 heteroatoms. The molecular weight excluding hydrogens is 274 g/mol. The van der Waals surface area contributed by atoms with Crippen molar-refractivity contribution in [1.82, 2.24) is 0 Å². The lowest BCUT2D eigenvalue weighted by Gasteiger charge is -2.10. The van der Waals surface area contributed by atoms with Crippen LogP contribution in [0.5, 0.6) is 0 Å². The highest BCUT2D eigenvalue weighted by molar-refractivity contribution is 7.89. The van der Waals surface area contributed by atoms with Gasteiger partial charge in [0, 0.05) is 4.88 Å². The molecular formula is C11H17NO4S2. The number of aryl methyl sites for hydroxylation is 1. The molecule has 1 heterocycles. The average Bonchev–Trinajstić information content (AvgIpc) is 2.60. The molecule has 1 aromatic rings. The molecule has 0 amide bonds. The van der Waals surface area contributed by atoms with Crippen molar-refractivity contribution < 1.29 is 17.9 Å². The first-order valence-corrected chi connectivity index (χ1v) is 7.96. The van der Waals surface area contributed by atoms with Gasteiger partial charge in [0.25, 0.3) is 0 Å². The Morgan fingerprint density at radius 2 is 2.17 bits per heavy atom. The van der Waals surface area contributed by atoms with Crippen LogP contribution in [0.25, 0.3) is 0 Å². The van der Waals surface area contributed by atoms with Gasteiger partial charge in [-0.05, 0) is 26.3 Å². The normalized spacial score (nSPS) is 13.3. The van der Waals surface area contributed by atoms with E-state index in [2.05, 4.69) is 0 Å². The molecule has 0 aliphatic carbocycles. The summed E-state index contributed by atoms with van der Waals surface area (Å²) in [6.07, 6.45) is 1.52. The summed E-state index contributed by atoms with van der Waals surface area (Å²) in [7, 11) is -3.78. The zero-order chi connectivity index (χ0) is 13.9. The van der Waals surface area contributed by atoms with E-state index in [1.54, 1.807) is 6.92 Å². The van der Waals surface area contributed by atoms with Crippen molar-refractivity contribution in [1.29, 1.82) is 0 Å².